The number of anilines is 1. The van der Waals surface area contributed by atoms with E-state index in [1.165, 1.54) is 16.1 Å². The minimum Gasteiger partial charge on any atom is -0.356 e. The van der Waals surface area contributed by atoms with Crippen LogP contribution in [0.25, 0.3) is 0 Å². The van der Waals surface area contributed by atoms with Crippen LogP contribution in [0, 0.1) is 6.92 Å². The molecule has 2 rings (SSSR count). The van der Waals surface area contributed by atoms with Crippen molar-refractivity contribution in [1.82, 2.24) is 5.32 Å². The lowest BCUT2D eigenvalue weighted by Gasteiger charge is -2.24. The third-order valence-electron chi connectivity index (χ3n) is 4.57. The Morgan fingerprint density at radius 3 is 2.46 bits per heavy atom. The van der Waals surface area contributed by atoms with Crippen molar-refractivity contribution in [2.75, 3.05) is 23.7 Å². The van der Waals surface area contributed by atoms with Crippen LogP contribution in [0.1, 0.15) is 36.8 Å². The molecule has 0 aliphatic rings. The van der Waals surface area contributed by atoms with Gasteiger partial charge in [0.15, 0.2) is 0 Å². The molecule has 1 N–H and O–H groups in total. The summed E-state index contributed by atoms with van der Waals surface area (Å²) in [5.41, 5.74) is 2.54. The normalized spacial score (nSPS) is 12.4. The molecule has 0 radical (unpaired) electrons. The van der Waals surface area contributed by atoms with Crippen LogP contribution in [0.2, 0.25) is 5.02 Å². The van der Waals surface area contributed by atoms with E-state index in [4.69, 9.17) is 11.6 Å². The number of amides is 1. The first-order valence-electron chi connectivity index (χ1n) is 9.24. The Bertz CT molecular complexity index is 901. The van der Waals surface area contributed by atoms with Crippen LogP contribution in [0.5, 0.6) is 0 Å². The molecule has 0 saturated heterocycles. The lowest BCUT2D eigenvalue weighted by Crippen LogP contribution is -2.33. The summed E-state index contributed by atoms with van der Waals surface area (Å²) in [5.74, 6) is 0.137. The Morgan fingerprint density at radius 2 is 1.86 bits per heavy atom. The van der Waals surface area contributed by atoms with Crippen molar-refractivity contribution in [3.8, 4) is 0 Å². The molecule has 0 heterocycles. The number of hydrogen-bond acceptors (Lipinski definition) is 3. The summed E-state index contributed by atoms with van der Waals surface area (Å²) < 4.78 is 25.7. The molecule has 7 heteroatoms. The van der Waals surface area contributed by atoms with Crippen molar-refractivity contribution in [2.45, 2.75) is 32.6 Å². The highest BCUT2D eigenvalue weighted by molar-refractivity contribution is 7.92. The van der Waals surface area contributed by atoms with Gasteiger partial charge in [-0.3, -0.25) is 9.10 Å². The van der Waals surface area contributed by atoms with Crippen molar-refractivity contribution in [1.29, 1.82) is 0 Å². The van der Waals surface area contributed by atoms with Gasteiger partial charge in [0.2, 0.25) is 15.9 Å². The quantitative estimate of drug-likeness (QED) is 0.661. The maximum absolute atomic E-state index is 12.2. The van der Waals surface area contributed by atoms with E-state index in [2.05, 4.69) is 12.2 Å². The van der Waals surface area contributed by atoms with Gasteiger partial charge >= 0.3 is 0 Å². The minimum absolute atomic E-state index is 0.0796. The fraction of sp³-hybridized carbons (Fsp3) is 0.381. The van der Waals surface area contributed by atoms with Crippen LogP contribution < -0.4 is 9.62 Å². The summed E-state index contributed by atoms with van der Waals surface area (Å²) >= 11 is 5.97. The van der Waals surface area contributed by atoms with E-state index in [0.717, 1.165) is 5.56 Å². The summed E-state index contributed by atoms with van der Waals surface area (Å²) in [5, 5.41) is 3.48. The smallest absolute Gasteiger partial charge is 0.232 e. The Kier molecular flexibility index (Phi) is 7.89. The third-order valence-corrected chi connectivity index (χ3v) is 5.98. The van der Waals surface area contributed by atoms with Crippen molar-refractivity contribution in [3.63, 3.8) is 0 Å². The Balaban J connectivity index is 1.89. The minimum atomic E-state index is -3.45. The van der Waals surface area contributed by atoms with Gasteiger partial charge in [-0.15, -0.1) is 0 Å². The van der Waals surface area contributed by atoms with Gasteiger partial charge in [0.1, 0.15) is 0 Å². The molecule has 152 valence electrons. The monoisotopic (exact) mass is 422 g/mol. The number of sulfonamides is 1. The van der Waals surface area contributed by atoms with E-state index in [-0.39, 0.29) is 24.8 Å². The molecule has 1 atom stereocenters. The molecule has 5 nitrogen and oxygen atoms in total. The molecular weight excluding hydrogens is 396 g/mol. The summed E-state index contributed by atoms with van der Waals surface area (Å²) in [6.07, 6.45) is 1.86. The molecule has 0 bridgehead atoms. The van der Waals surface area contributed by atoms with Gasteiger partial charge in [-0.05, 0) is 48.6 Å². The predicted molar refractivity (Wildman–Crippen MR) is 115 cm³/mol. The first kappa shape index (κ1) is 22.2. The average Bonchev–Trinajstić information content (AvgIpc) is 2.64. The highest BCUT2D eigenvalue weighted by Gasteiger charge is 2.19. The number of carbonyl (C=O) groups is 1. The average molecular weight is 423 g/mol. The number of hydrogen-bond donors (Lipinski definition) is 1. The van der Waals surface area contributed by atoms with Crippen LogP contribution in [-0.2, 0) is 14.8 Å². The zero-order chi connectivity index (χ0) is 20.7. The van der Waals surface area contributed by atoms with Gasteiger partial charge < -0.3 is 5.32 Å². The summed E-state index contributed by atoms with van der Waals surface area (Å²) in [6, 6.07) is 15.1. The van der Waals surface area contributed by atoms with E-state index < -0.39 is 10.0 Å². The Morgan fingerprint density at radius 1 is 1.18 bits per heavy atom. The van der Waals surface area contributed by atoms with Gasteiger partial charge in [-0.2, -0.15) is 0 Å². The van der Waals surface area contributed by atoms with Crippen molar-refractivity contribution in [3.05, 3.63) is 64.7 Å². The third kappa shape index (κ3) is 6.53. The molecule has 0 aliphatic heterocycles. The van der Waals surface area contributed by atoms with Gasteiger partial charge in [0.25, 0.3) is 0 Å². The zero-order valence-electron chi connectivity index (χ0n) is 16.5. The molecule has 2 aromatic rings. The number of nitrogens with zero attached hydrogens (tertiary/aromatic N) is 1. The molecule has 0 unspecified atom stereocenters. The van der Waals surface area contributed by atoms with Crippen LogP contribution >= 0.6 is 11.6 Å². The molecule has 2 aromatic carbocycles. The number of halogens is 1. The zero-order valence-corrected chi connectivity index (χ0v) is 18.1. The Labute approximate surface area is 172 Å². The molecule has 1 amide bonds. The van der Waals surface area contributed by atoms with Crippen molar-refractivity contribution in [2.24, 2.45) is 0 Å². The molecule has 0 saturated carbocycles. The maximum Gasteiger partial charge on any atom is 0.232 e. The number of rotatable bonds is 9. The lowest BCUT2D eigenvalue weighted by atomic mass is 10.0. The molecule has 0 aromatic heterocycles. The molecule has 0 aliphatic carbocycles. The summed E-state index contributed by atoms with van der Waals surface area (Å²) in [6.45, 7) is 4.67. The second kappa shape index (κ2) is 9.94. The van der Waals surface area contributed by atoms with Crippen LogP contribution in [0.15, 0.2) is 48.5 Å². The second-order valence-electron chi connectivity index (χ2n) is 6.99. The molecular formula is C21H27ClN2O3S. The largest absolute Gasteiger partial charge is 0.356 e. The van der Waals surface area contributed by atoms with Crippen molar-refractivity contribution < 1.29 is 13.2 Å². The van der Waals surface area contributed by atoms with Gasteiger partial charge in [-0.1, -0.05) is 48.9 Å². The molecule has 0 spiro atoms. The van der Waals surface area contributed by atoms with Crippen LogP contribution in [0.3, 0.4) is 0 Å². The lowest BCUT2D eigenvalue weighted by molar-refractivity contribution is -0.121. The predicted octanol–water partition coefficient (Wildman–Crippen LogP) is 4.11. The number of carbonyl (C=O) groups excluding carboxylic acids is 1. The van der Waals surface area contributed by atoms with Crippen molar-refractivity contribution >= 4 is 33.2 Å². The summed E-state index contributed by atoms with van der Waals surface area (Å²) in [7, 11) is -3.45. The fourth-order valence-electron chi connectivity index (χ4n) is 3.00. The molecule has 28 heavy (non-hydrogen) atoms. The fourth-order valence-corrected chi connectivity index (χ4v) is 4.25. The second-order valence-corrected chi connectivity index (χ2v) is 9.33. The molecule has 0 fully saturated rings. The number of benzene rings is 2. The Hall–Kier alpha value is -2.05. The topological polar surface area (TPSA) is 66.5 Å². The first-order valence-corrected chi connectivity index (χ1v) is 11.5. The van der Waals surface area contributed by atoms with E-state index in [0.29, 0.717) is 23.7 Å². The van der Waals surface area contributed by atoms with Crippen LogP contribution in [0.4, 0.5) is 5.69 Å². The van der Waals surface area contributed by atoms with E-state index in [1.807, 2.05) is 37.3 Å². The number of aryl methyl sites for hydroxylation is 1. The van der Waals surface area contributed by atoms with Gasteiger partial charge in [-0.25, -0.2) is 8.42 Å². The highest BCUT2D eigenvalue weighted by Crippen LogP contribution is 2.26. The standard InChI is InChI=1S/C21H27ClN2O3S/c1-16-14-19(22)11-12-20(16)24(28(3,26)27)13-7-10-21(25)23-15-17(2)18-8-5-4-6-9-18/h4-6,8-9,11-12,14,17H,7,10,13,15H2,1-3H3,(H,23,25)/t17-/m0/s1. The SMILES string of the molecule is Cc1cc(Cl)ccc1N(CCCC(=O)NC[C@H](C)c1ccccc1)S(C)(=O)=O. The van der Waals surface area contributed by atoms with E-state index in [9.17, 15) is 13.2 Å². The van der Waals surface area contributed by atoms with E-state index >= 15 is 0 Å². The van der Waals surface area contributed by atoms with Gasteiger partial charge in [0.05, 0.1) is 11.9 Å². The summed E-state index contributed by atoms with van der Waals surface area (Å²) in [4.78, 5) is 12.2. The number of nitrogens with one attached hydrogen (secondary N) is 1. The van der Waals surface area contributed by atoms with Crippen LogP contribution in [-0.4, -0.2) is 33.7 Å². The van der Waals surface area contributed by atoms with E-state index in [1.54, 1.807) is 18.2 Å². The maximum atomic E-state index is 12.2. The first-order chi connectivity index (χ1) is 13.2. The highest BCUT2D eigenvalue weighted by atomic mass is 35.5. The van der Waals surface area contributed by atoms with Gasteiger partial charge in [0, 0.05) is 24.5 Å².